The lowest BCUT2D eigenvalue weighted by atomic mass is 10.1. The average molecular weight is 287 g/mol. The summed E-state index contributed by atoms with van der Waals surface area (Å²) in [6.07, 6.45) is 9.13. The normalized spacial score (nSPS) is 13.2. The molecule has 1 aliphatic carbocycles. The van der Waals surface area contributed by atoms with Crippen molar-refractivity contribution in [2.45, 2.75) is 26.2 Å². The third kappa shape index (κ3) is 2.41. The van der Waals surface area contributed by atoms with Crippen LogP contribution in [0.1, 0.15) is 40.8 Å². The Morgan fingerprint density at radius 1 is 1.50 bits per heavy atom. The van der Waals surface area contributed by atoms with Gasteiger partial charge in [-0.3, -0.25) is 9.36 Å². The van der Waals surface area contributed by atoms with Gasteiger partial charge in [-0.25, -0.2) is 4.98 Å². The lowest BCUT2D eigenvalue weighted by Crippen LogP contribution is -2.22. The Balaban J connectivity index is 1.86. The van der Waals surface area contributed by atoms with E-state index < -0.39 is 0 Å². The van der Waals surface area contributed by atoms with Gasteiger partial charge in [-0.2, -0.15) is 0 Å². The second kappa shape index (κ2) is 5.63. The van der Waals surface area contributed by atoms with Gasteiger partial charge in [0, 0.05) is 6.54 Å². The molecule has 0 saturated heterocycles. The van der Waals surface area contributed by atoms with E-state index >= 15 is 0 Å². The lowest BCUT2D eigenvalue weighted by Gasteiger charge is -2.07. The van der Waals surface area contributed by atoms with E-state index in [9.17, 15) is 4.79 Å². The molecule has 104 valence electrons. The summed E-state index contributed by atoms with van der Waals surface area (Å²) in [7, 11) is 0. The van der Waals surface area contributed by atoms with Crippen LogP contribution in [0.25, 0.3) is 11.1 Å². The van der Waals surface area contributed by atoms with Crippen molar-refractivity contribution >= 4 is 23.3 Å². The molecule has 20 heavy (non-hydrogen) atoms. The van der Waals surface area contributed by atoms with Gasteiger partial charge in [-0.1, -0.05) is 13.0 Å². The van der Waals surface area contributed by atoms with Gasteiger partial charge in [0.1, 0.15) is 11.3 Å². The number of hydrogen-bond donors (Lipinski definition) is 1. The smallest absolute Gasteiger partial charge is 0.261 e. The van der Waals surface area contributed by atoms with Crippen LogP contribution in [0.3, 0.4) is 0 Å². The first-order valence-corrected chi connectivity index (χ1v) is 7.72. The van der Waals surface area contributed by atoms with Crippen LogP contribution in [0.2, 0.25) is 0 Å². The number of carbonyl (C=O) groups is 1. The number of nitrogens with zero attached hydrogens (tertiary/aromatic N) is 2. The van der Waals surface area contributed by atoms with Crippen molar-refractivity contribution in [3.63, 3.8) is 0 Å². The number of nitrogens with one attached hydrogen (secondary N) is 1. The summed E-state index contributed by atoms with van der Waals surface area (Å²) in [5.74, 6) is 0.00706. The van der Waals surface area contributed by atoms with Crippen molar-refractivity contribution < 1.29 is 4.79 Å². The molecule has 0 radical (unpaired) electrons. The van der Waals surface area contributed by atoms with Crippen LogP contribution in [-0.4, -0.2) is 22.0 Å². The predicted molar refractivity (Wildman–Crippen MR) is 81.4 cm³/mol. The molecule has 2 aromatic heterocycles. The monoisotopic (exact) mass is 287 g/mol. The summed E-state index contributed by atoms with van der Waals surface area (Å²) < 4.78 is 2.06. The first kappa shape index (κ1) is 13.1. The van der Waals surface area contributed by atoms with Gasteiger partial charge in [-0.05, 0) is 37.5 Å². The number of carbonyl (C=O) groups excluding carboxylic acids is 1. The average Bonchev–Trinajstić information content (AvgIpc) is 3.10. The number of fused-ring (bicyclic) bond motifs is 1. The summed E-state index contributed by atoms with van der Waals surface area (Å²) in [6, 6.07) is 3.86. The molecular weight excluding hydrogens is 270 g/mol. The van der Waals surface area contributed by atoms with Crippen LogP contribution in [-0.2, 0) is 6.42 Å². The minimum atomic E-state index is 0.00706. The maximum absolute atomic E-state index is 11.9. The molecule has 0 unspecified atom stereocenters. The summed E-state index contributed by atoms with van der Waals surface area (Å²) in [4.78, 5) is 17.1. The number of amides is 1. The fourth-order valence-electron chi connectivity index (χ4n) is 2.26. The van der Waals surface area contributed by atoms with E-state index in [0.29, 0.717) is 0 Å². The van der Waals surface area contributed by atoms with E-state index in [1.54, 1.807) is 0 Å². The Bertz CT molecular complexity index is 654. The van der Waals surface area contributed by atoms with Crippen LogP contribution >= 0.6 is 11.3 Å². The highest BCUT2D eigenvalue weighted by atomic mass is 32.1. The maximum Gasteiger partial charge on any atom is 0.261 e. The number of rotatable bonds is 4. The lowest BCUT2D eigenvalue weighted by molar-refractivity contribution is 0.0957. The molecule has 1 N–H and O–H groups in total. The Hall–Kier alpha value is -1.88. The third-order valence-corrected chi connectivity index (χ3v) is 4.38. The second-order valence-corrected chi connectivity index (χ2v) is 5.84. The van der Waals surface area contributed by atoms with Crippen molar-refractivity contribution in [1.82, 2.24) is 14.9 Å². The molecule has 0 aromatic carbocycles. The molecular formula is C15H17N3OS. The molecule has 1 aliphatic rings. The van der Waals surface area contributed by atoms with E-state index in [-0.39, 0.29) is 5.91 Å². The Labute approximate surface area is 122 Å². The summed E-state index contributed by atoms with van der Waals surface area (Å²) in [5, 5.41) is 3.94. The van der Waals surface area contributed by atoms with E-state index in [0.717, 1.165) is 47.1 Å². The highest BCUT2D eigenvalue weighted by molar-refractivity contribution is 7.16. The summed E-state index contributed by atoms with van der Waals surface area (Å²) in [6.45, 7) is 2.76. The van der Waals surface area contributed by atoms with Crippen LogP contribution in [0.15, 0.2) is 24.5 Å². The van der Waals surface area contributed by atoms with Gasteiger partial charge in [0.2, 0.25) is 0 Å². The van der Waals surface area contributed by atoms with Crippen molar-refractivity contribution in [2.24, 2.45) is 0 Å². The molecule has 0 spiro atoms. The molecule has 0 bridgehead atoms. The zero-order valence-corrected chi connectivity index (χ0v) is 12.2. The molecule has 0 atom stereocenters. The first-order chi connectivity index (χ1) is 9.79. The largest absolute Gasteiger partial charge is 0.351 e. The minimum Gasteiger partial charge on any atom is -0.351 e. The zero-order chi connectivity index (χ0) is 13.9. The van der Waals surface area contributed by atoms with E-state index in [4.69, 9.17) is 0 Å². The SMILES string of the molecule is CCCNC(=O)c1ccc(-n2cnc3c2C=CCC3)s1. The van der Waals surface area contributed by atoms with Gasteiger partial charge in [-0.15, -0.1) is 11.3 Å². The van der Waals surface area contributed by atoms with Gasteiger partial charge in [0.05, 0.1) is 16.3 Å². The number of imidazole rings is 1. The molecule has 3 rings (SSSR count). The van der Waals surface area contributed by atoms with Crippen LogP contribution in [0, 0.1) is 0 Å². The molecule has 0 fully saturated rings. The van der Waals surface area contributed by atoms with E-state index in [1.807, 2.05) is 25.4 Å². The first-order valence-electron chi connectivity index (χ1n) is 6.90. The molecule has 0 saturated carbocycles. The molecule has 0 aliphatic heterocycles. The standard InChI is InChI=1S/C15H17N3OS/c1-2-9-16-15(19)13-7-8-14(20-13)18-10-17-11-5-3-4-6-12(11)18/h4,6-8,10H,2-3,5,9H2,1H3,(H,16,19). The highest BCUT2D eigenvalue weighted by Crippen LogP contribution is 2.26. The molecule has 2 heterocycles. The van der Waals surface area contributed by atoms with Crippen LogP contribution in [0.5, 0.6) is 0 Å². The number of allylic oxidation sites excluding steroid dienone is 1. The van der Waals surface area contributed by atoms with Crippen LogP contribution < -0.4 is 5.32 Å². The Kier molecular flexibility index (Phi) is 3.69. The van der Waals surface area contributed by atoms with Crippen molar-refractivity contribution in [3.8, 4) is 5.00 Å². The van der Waals surface area contributed by atoms with Gasteiger partial charge >= 0.3 is 0 Å². The maximum atomic E-state index is 11.9. The molecule has 2 aromatic rings. The van der Waals surface area contributed by atoms with E-state index in [1.165, 1.54) is 11.3 Å². The fourth-order valence-corrected chi connectivity index (χ4v) is 3.17. The van der Waals surface area contributed by atoms with E-state index in [2.05, 4.69) is 27.0 Å². The topological polar surface area (TPSA) is 46.9 Å². The van der Waals surface area contributed by atoms with Gasteiger partial charge < -0.3 is 5.32 Å². The van der Waals surface area contributed by atoms with Gasteiger partial charge in [0.15, 0.2) is 0 Å². The van der Waals surface area contributed by atoms with Crippen molar-refractivity contribution in [2.75, 3.05) is 6.54 Å². The second-order valence-electron chi connectivity index (χ2n) is 4.78. The number of aryl methyl sites for hydroxylation is 1. The number of hydrogen-bond acceptors (Lipinski definition) is 3. The Morgan fingerprint density at radius 2 is 2.40 bits per heavy atom. The van der Waals surface area contributed by atoms with Crippen molar-refractivity contribution in [3.05, 3.63) is 40.8 Å². The quantitative estimate of drug-likeness (QED) is 0.939. The van der Waals surface area contributed by atoms with Crippen LogP contribution in [0.4, 0.5) is 0 Å². The minimum absolute atomic E-state index is 0.00706. The zero-order valence-electron chi connectivity index (χ0n) is 11.4. The van der Waals surface area contributed by atoms with Gasteiger partial charge in [0.25, 0.3) is 5.91 Å². The molecule has 1 amide bonds. The number of aromatic nitrogens is 2. The third-order valence-electron chi connectivity index (χ3n) is 3.30. The summed E-state index contributed by atoms with van der Waals surface area (Å²) in [5.41, 5.74) is 2.27. The molecule has 5 heteroatoms. The number of thiophene rings is 1. The highest BCUT2D eigenvalue weighted by Gasteiger charge is 2.15. The summed E-state index contributed by atoms with van der Waals surface area (Å²) >= 11 is 1.50. The fraction of sp³-hybridized carbons (Fsp3) is 0.333. The molecule has 4 nitrogen and oxygen atoms in total. The Morgan fingerprint density at radius 3 is 3.25 bits per heavy atom. The van der Waals surface area contributed by atoms with Crippen molar-refractivity contribution in [1.29, 1.82) is 0 Å². The predicted octanol–water partition coefficient (Wildman–Crippen LogP) is 3.03.